The van der Waals surface area contributed by atoms with Crippen LogP contribution >= 0.6 is 0 Å². The van der Waals surface area contributed by atoms with Crippen LogP contribution in [0.15, 0.2) is 30.9 Å². The van der Waals surface area contributed by atoms with E-state index in [4.69, 9.17) is 14.2 Å². The van der Waals surface area contributed by atoms with Crippen LogP contribution < -0.4 is 10.1 Å². The molecule has 0 aromatic heterocycles. The zero-order valence-electron chi connectivity index (χ0n) is 14.2. The molecule has 1 N–H and O–H groups in total. The van der Waals surface area contributed by atoms with Gasteiger partial charge in [-0.1, -0.05) is 18.7 Å². The highest BCUT2D eigenvalue weighted by atomic mass is 16.6. The summed E-state index contributed by atoms with van der Waals surface area (Å²) >= 11 is 0. The molecule has 2 atom stereocenters. The maximum absolute atomic E-state index is 12.4. The summed E-state index contributed by atoms with van der Waals surface area (Å²) in [6.07, 6.45) is 1.42. The van der Waals surface area contributed by atoms with Gasteiger partial charge in [-0.2, -0.15) is 0 Å². The Hall–Kier alpha value is -2.54. The van der Waals surface area contributed by atoms with Gasteiger partial charge in [-0.25, -0.2) is 4.79 Å². The number of esters is 1. The first-order valence-corrected chi connectivity index (χ1v) is 8.23. The van der Waals surface area contributed by atoms with Crippen molar-refractivity contribution in [2.75, 3.05) is 20.3 Å². The largest absolute Gasteiger partial charge is 0.490 e. The normalized spacial score (nSPS) is 21.6. The van der Waals surface area contributed by atoms with Crippen molar-refractivity contribution < 1.29 is 23.8 Å². The minimum Gasteiger partial charge on any atom is -0.490 e. The van der Waals surface area contributed by atoms with Gasteiger partial charge in [0.15, 0.2) is 0 Å². The van der Waals surface area contributed by atoms with E-state index in [1.54, 1.807) is 11.0 Å². The molecule has 2 aliphatic heterocycles. The third kappa shape index (κ3) is 3.93. The SMILES string of the molecule is C=CCOc1ccc2c(c1)CN(C(=O)O[C@H]1CN[C@H](C(=O)OC)C1)C2. The molecule has 134 valence electrons. The molecule has 0 saturated carbocycles. The van der Waals surface area contributed by atoms with Crippen LogP contribution in [0.5, 0.6) is 5.75 Å². The van der Waals surface area contributed by atoms with Gasteiger partial charge >= 0.3 is 12.1 Å². The molecule has 0 radical (unpaired) electrons. The van der Waals surface area contributed by atoms with Crippen LogP contribution in [0.4, 0.5) is 4.79 Å². The van der Waals surface area contributed by atoms with E-state index in [0.29, 0.717) is 32.7 Å². The van der Waals surface area contributed by atoms with E-state index in [1.165, 1.54) is 7.11 Å². The van der Waals surface area contributed by atoms with Crippen molar-refractivity contribution in [2.24, 2.45) is 0 Å². The van der Waals surface area contributed by atoms with Crippen LogP contribution in [-0.2, 0) is 27.4 Å². The van der Waals surface area contributed by atoms with E-state index < -0.39 is 6.04 Å². The van der Waals surface area contributed by atoms with E-state index in [2.05, 4.69) is 11.9 Å². The number of carbonyl (C=O) groups is 2. The van der Waals surface area contributed by atoms with Gasteiger partial charge in [-0.15, -0.1) is 0 Å². The molecule has 2 heterocycles. The number of ether oxygens (including phenoxy) is 3. The molecule has 3 rings (SSSR count). The lowest BCUT2D eigenvalue weighted by Gasteiger charge is -2.18. The number of hydrogen-bond donors (Lipinski definition) is 1. The van der Waals surface area contributed by atoms with Gasteiger partial charge in [0.2, 0.25) is 0 Å². The molecular formula is C18H22N2O5. The molecule has 25 heavy (non-hydrogen) atoms. The number of amides is 1. The number of fused-ring (bicyclic) bond motifs is 1. The van der Waals surface area contributed by atoms with Gasteiger partial charge < -0.3 is 19.5 Å². The molecule has 2 aliphatic rings. The molecule has 1 aromatic rings. The number of nitrogens with zero attached hydrogens (tertiary/aromatic N) is 1. The highest BCUT2D eigenvalue weighted by Gasteiger charge is 2.34. The van der Waals surface area contributed by atoms with Crippen LogP contribution in [0, 0.1) is 0 Å². The smallest absolute Gasteiger partial charge is 0.410 e. The van der Waals surface area contributed by atoms with Crippen LogP contribution in [-0.4, -0.2) is 49.4 Å². The van der Waals surface area contributed by atoms with Gasteiger partial charge in [-0.05, 0) is 23.3 Å². The molecular weight excluding hydrogens is 324 g/mol. The Labute approximate surface area is 146 Å². The molecule has 7 heteroatoms. The standard InChI is InChI=1S/C18H22N2O5/c1-3-6-24-14-5-4-12-10-20(11-13(12)7-14)18(22)25-15-8-16(19-9-15)17(21)23-2/h3-5,7,15-16,19H,1,6,8-11H2,2H3/t15-,16+/m1/s1. The molecule has 0 spiro atoms. The maximum atomic E-state index is 12.4. The Kier molecular flexibility index (Phi) is 5.23. The van der Waals surface area contributed by atoms with Crippen LogP contribution in [0.2, 0.25) is 0 Å². The van der Waals surface area contributed by atoms with Gasteiger partial charge in [0, 0.05) is 26.1 Å². The maximum Gasteiger partial charge on any atom is 0.410 e. The van der Waals surface area contributed by atoms with Gasteiger partial charge in [-0.3, -0.25) is 9.69 Å². The molecule has 1 aromatic carbocycles. The zero-order chi connectivity index (χ0) is 17.8. The van der Waals surface area contributed by atoms with Crippen molar-refractivity contribution >= 4 is 12.1 Å². The van der Waals surface area contributed by atoms with E-state index in [1.807, 2.05) is 18.2 Å². The van der Waals surface area contributed by atoms with Gasteiger partial charge in [0.25, 0.3) is 0 Å². The molecule has 0 unspecified atom stereocenters. The number of hydrogen-bond acceptors (Lipinski definition) is 6. The zero-order valence-corrected chi connectivity index (χ0v) is 14.2. The Morgan fingerprint density at radius 3 is 2.92 bits per heavy atom. The first-order chi connectivity index (χ1) is 12.1. The number of carbonyl (C=O) groups excluding carboxylic acids is 2. The lowest BCUT2D eigenvalue weighted by Crippen LogP contribution is -2.31. The first-order valence-electron chi connectivity index (χ1n) is 8.23. The number of methoxy groups -OCH3 is 1. The summed E-state index contributed by atoms with van der Waals surface area (Å²) in [4.78, 5) is 25.5. The Morgan fingerprint density at radius 1 is 1.36 bits per heavy atom. The van der Waals surface area contributed by atoms with Gasteiger partial charge in [0.05, 0.1) is 7.11 Å². The summed E-state index contributed by atoms with van der Waals surface area (Å²) in [6, 6.07) is 5.38. The summed E-state index contributed by atoms with van der Waals surface area (Å²) in [5.41, 5.74) is 2.13. The highest BCUT2D eigenvalue weighted by molar-refractivity contribution is 5.76. The van der Waals surface area contributed by atoms with Crippen molar-refractivity contribution in [3.63, 3.8) is 0 Å². The third-order valence-electron chi connectivity index (χ3n) is 4.37. The van der Waals surface area contributed by atoms with Crippen LogP contribution in [0.3, 0.4) is 0 Å². The predicted molar refractivity (Wildman–Crippen MR) is 90.1 cm³/mol. The highest BCUT2D eigenvalue weighted by Crippen LogP contribution is 2.28. The lowest BCUT2D eigenvalue weighted by molar-refractivity contribution is -0.142. The fourth-order valence-corrected chi connectivity index (χ4v) is 3.08. The van der Waals surface area contributed by atoms with Crippen molar-refractivity contribution in [1.82, 2.24) is 10.2 Å². The predicted octanol–water partition coefficient (Wildman–Crippen LogP) is 1.61. The van der Waals surface area contributed by atoms with E-state index in [-0.39, 0.29) is 18.2 Å². The summed E-state index contributed by atoms with van der Waals surface area (Å²) in [6.45, 7) is 5.52. The summed E-state index contributed by atoms with van der Waals surface area (Å²) in [5, 5.41) is 3.00. The van der Waals surface area contributed by atoms with Crippen molar-refractivity contribution in [1.29, 1.82) is 0 Å². The summed E-state index contributed by atoms with van der Waals surface area (Å²) in [5.74, 6) is 0.425. The van der Waals surface area contributed by atoms with Crippen molar-refractivity contribution in [3.8, 4) is 5.75 Å². The minimum atomic E-state index is -0.414. The second-order valence-electron chi connectivity index (χ2n) is 6.11. The Bertz CT molecular complexity index is 675. The van der Waals surface area contributed by atoms with Crippen molar-refractivity contribution in [3.05, 3.63) is 42.0 Å². The summed E-state index contributed by atoms with van der Waals surface area (Å²) < 4.78 is 15.7. The van der Waals surface area contributed by atoms with E-state index >= 15 is 0 Å². The fraction of sp³-hybridized carbons (Fsp3) is 0.444. The third-order valence-corrected chi connectivity index (χ3v) is 4.37. The topological polar surface area (TPSA) is 77.1 Å². The Morgan fingerprint density at radius 2 is 2.16 bits per heavy atom. The summed E-state index contributed by atoms with van der Waals surface area (Å²) in [7, 11) is 1.35. The quantitative estimate of drug-likeness (QED) is 0.645. The molecule has 1 amide bonds. The van der Waals surface area contributed by atoms with Crippen molar-refractivity contribution in [2.45, 2.75) is 31.7 Å². The number of benzene rings is 1. The first kappa shape index (κ1) is 17.3. The average Bonchev–Trinajstić information content (AvgIpc) is 3.25. The second-order valence-corrected chi connectivity index (χ2v) is 6.11. The molecule has 7 nitrogen and oxygen atoms in total. The minimum absolute atomic E-state index is 0.327. The van der Waals surface area contributed by atoms with E-state index in [9.17, 15) is 9.59 Å². The second kappa shape index (κ2) is 7.57. The Balaban J connectivity index is 1.54. The lowest BCUT2D eigenvalue weighted by atomic mass is 10.1. The monoisotopic (exact) mass is 346 g/mol. The number of nitrogens with one attached hydrogen (secondary N) is 1. The van der Waals surface area contributed by atoms with Crippen LogP contribution in [0.25, 0.3) is 0 Å². The molecule has 1 fully saturated rings. The molecule has 1 saturated heterocycles. The number of rotatable bonds is 5. The van der Waals surface area contributed by atoms with Gasteiger partial charge in [0.1, 0.15) is 24.5 Å². The molecule has 0 bridgehead atoms. The average molecular weight is 346 g/mol. The fourth-order valence-electron chi connectivity index (χ4n) is 3.08. The van der Waals surface area contributed by atoms with E-state index in [0.717, 1.165) is 16.9 Å². The molecule has 0 aliphatic carbocycles. The van der Waals surface area contributed by atoms with Crippen LogP contribution in [0.1, 0.15) is 17.5 Å².